The minimum absolute atomic E-state index is 0.200. The summed E-state index contributed by atoms with van der Waals surface area (Å²) in [5.41, 5.74) is 0.888. The van der Waals surface area contributed by atoms with Crippen LogP contribution in [-0.2, 0) is 0 Å². The maximum Gasteiger partial charge on any atom is 0.137 e. The lowest BCUT2D eigenvalue weighted by Gasteiger charge is -2.10. The summed E-state index contributed by atoms with van der Waals surface area (Å²) in [6.45, 7) is 2.03. The first-order valence-corrected chi connectivity index (χ1v) is 5.20. The SMILES string of the molecule is CC(CBr)c1cccc(Cl)c1O. The van der Waals surface area contributed by atoms with Gasteiger partial charge in [0.1, 0.15) is 5.75 Å². The molecule has 0 fully saturated rings. The van der Waals surface area contributed by atoms with Crippen LogP contribution in [0.25, 0.3) is 0 Å². The summed E-state index contributed by atoms with van der Waals surface area (Å²) >= 11 is 9.11. The third kappa shape index (κ3) is 1.93. The molecule has 0 saturated heterocycles. The summed E-state index contributed by atoms with van der Waals surface area (Å²) in [5, 5.41) is 10.8. The Kier molecular flexibility index (Phi) is 3.41. The standard InChI is InChI=1S/C9H10BrClO/c1-6(5-10)7-3-2-4-8(11)9(7)12/h2-4,6,12H,5H2,1H3. The van der Waals surface area contributed by atoms with Gasteiger partial charge in [-0.25, -0.2) is 0 Å². The van der Waals surface area contributed by atoms with Crippen molar-refractivity contribution in [2.24, 2.45) is 0 Å². The highest BCUT2D eigenvalue weighted by Crippen LogP contribution is 2.32. The lowest BCUT2D eigenvalue weighted by atomic mass is 10.0. The first-order valence-electron chi connectivity index (χ1n) is 3.70. The Morgan fingerprint density at radius 2 is 2.25 bits per heavy atom. The van der Waals surface area contributed by atoms with Gasteiger partial charge in [-0.2, -0.15) is 0 Å². The molecule has 66 valence electrons. The zero-order chi connectivity index (χ0) is 9.14. The fourth-order valence-electron chi connectivity index (χ4n) is 1.01. The Bertz CT molecular complexity index is 275. The number of hydrogen-bond donors (Lipinski definition) is 1. The van der Waals surface area contributed by atoms with Crippen LogP contribution in [0.3, 0.4) is 0 Å². The summed E-state index contributed by atoms with van der Waals surface area (Å²) in [7, 11) is 0. The van der Waals surface area contributed by atoms with Crippen molar-refractivity contribution in [3.8, 4) is 5.75 Å². The van der Waals surface area contributed by atoms with Crippen LogP contribution in [0.4, 0.5) is 0 Å². The zero-order valence-electron chi connectivity index (χ0n) is 6.72. The van der Waals surface area contributed by atoms with Gasteiger partial charge in [0.15, 0.2) is 0 Å². The fraction of sp³-hybridized carbons (Fsp3) is 0.333. The van der Waals surface area contributed by atoms with Crippen LogP contribution >= 0.6 is 27.5 Å². The van der Waals surface area contributed by atoms with Crippen molar-refractivity contribution in [3.63, 3.8) is 0 Å². The van der Waals surface area contributed by atoms with Gasteiger partial charge in [-0.05, 0) is 17.5 Å². The highest BCUT2D eigenvalue weighted by Gasteiger charge is 2.10. The van der Waals surface area contributed by atoms with Gasteiger partial charge in [-0.3, -0.25) is 0 Å². The summed E-state index contributed by atoms with van der Waals surface area (Å²) < 4.78 is 0. The third-order valence-corrected chi connectivity index (χ3v) is 3.06. The Morgan fingerprint density at radius 1 is 1.58 bits per heavy atom. The molecule has 12 heavy (non-hydrogen) atoms. The van der Waals surface area contributed by atoms with E-state index in [1.807, 2.05) is 19.1 Å². The highest BCUT2D eigenvalue weighted by atomic mass is 79.9. The molecular weight excluding hydrogens is 239 g/mol. The van der Waals surface area contributed by atoms with E-state index in [9.17, 15) is 5.11 Å². The molecule has 1 rings (SSSR count). The molecule has 1 aromatic rings. The molecule has 0 heterocycles. The van der Waals surface area contributed by atoms with Crippen molar-refractivity contribution < 1.29 is 5.11 Å². The molecule has 0 amide bonds. The number of rotatable bonds is 2. The van der Waals surface area contributed by atoms with Gasteiger partial charge in [-0.1, -0.05) is 46.6 Å². The van der Waals surface area contributed by atoms with Gasteiger partial charge in [0, 0.05) is 5.33 Å². The Morgan fingerprint density at radius 3 is 2.83 bits per heavy atom. The summed E-state index contributed by atoms with van der Waals surface area (Å²) in [4.78, 5) is 0. The summed E-state index contributed by atoms with van der Waals surface area (Å²) in [6.07, 6.45) is 0. The highest BCUT2D eigenvalue weighted by molar-refractivity contribution is 9.09. The van der Waals surface area contributed by atoms with E-state index in [4.69, 9.17) is 11.6 Å². The normalized spacial score (nSPS) is 12.9. The maximum atomic E-state index is 9.55. The van der Waals surface area contributed by atoms with Crippen LogP contribution in [0.15, 0.2) is 18.2 Å². The lowest BCUT2D eigenvalue weighted by molar-refractivity contribution is 0.465. The molecule has 0 spiro atoms. The van der Waals surface area contributed by atoms with Crippen molar-refractivity contribution in [1.29, 1.82) is 0 Å². The van der Waals surface area contributed by atoms with Crippen LogP contribution in [0.1, 0.15) is 18.4 Å². The molecule has 0 saturated carbocycles. The topological polar surface area (TPSA) is 20.2 Å². The van der Waals surface area contributed by atoms with Crippen molar-refractivity contribution in [1.82, 2.24) is 0 Å². The van der Waals surface area contributed by atoms with Crippen LogP contribution in [0.5, 0.6) is 5.75 Å². The third-order valence-electron chi connectivity index (χ3n) is 1.78. The van der Waals surface area contributed by atoms with Gasteiger partial charge in [0.25, 0.3) is 0 Å². The van der Waals surface area contributed by atoms with Crippen molar-refractivity contribution in [2.75, 3.05) is 5.33 Å². The Balaban J connectivity index is 3.07. The number of phenols is 1. The molecule has 1 N–H and O–H groups in total. The first kappa shape index (κ1) is 9.87. The molecule has 0 aliphatic rings. The second-order valence-corrected chi connectivity index (χ2v) is 3.79. The molecule has 3 heteroatoms. The number of halogens is 2. The lowest BCUT2D eigenvalue weighted by Crippen LogP contribution is -1.94. The van der Waals surface area contributed by atoms with E-state index in [0.29, 0.717) is 5.02 Å². The number of aromatic hydroxyl groups is 1. The van der Waals surface area contributed by atoms with Crippen LogP contribution in [-0.4, -0.2) is 10.4 Å². The van der Waals surface area contributed by atoms with Crippen LogP contribution in [0.2, 0.25) is 5.02 Å². The van der Waals surface area contributed by atoms with Gasteiger partial charge < -0.3 is 5.11 Å². The fourth-order valence-corrected chi connectivity index (χ4v) is 1.54. The molecule has 0 radical (unpaired) electrons. The number of benzene rings is 1. The van der Waals surface area contributed by atoms with Gasteiger partial charge >= 0.3 is 0 Å². The zero-order valence-corrected chi connectivity index (χ0v) is 9.06. The van der Waals surface area contributed by atoms with Crippen LogP contribution < -0.4 is 0 Å². The average molecular weight is 250 g/mol. The maximum absolute atomic E-state index is 9.55. The van der Waals surface area contributed by atoms with E-state index in [1.165, 1.54) is 0 Å². The second kappa shape index (κ2) is 4.15. The van der Waals surface area contributed by atoms with Crippen molar-refractivity contribution in [3.05, 3.63) is 28.8 Å². The molecule has 0 aromatic heterocycles. The minimum Gasteiger partial charge on any atom is -0.506 e. The van der Waals surface area contributed by atoms with Crippen LogP contribution in [0, 0.1) is 0 Å². The Labute approximate surface area is 85.5 Å². The van der Waals surface area contributed by atoms with E-state index >= 15 is 0 Å². The first-order chi connectivity index (χ1) is 5.66. The second-order valence-electron chi connectivity index (χ2n) is 2.73. The van der Waals surface area contributed by atoms with Gasteiger partial charge in [0.2, 0.25) is 0 Å². The van der Waals surface area contributed by atoms with Crippen molar-refractivity contribution >= 4 is 27.5 Å². The average Bonchev–Trinajstić information content (AvgIpc) is 2.08. The van der Waals surface area contributed by atoms with E-state index in [2.05, 4.69) is 15.9 Å². The van der Waals surface area contributed by atoms with Crippen molar-refractivity contribution in [2.45, 2.75) is 12.8 Å². The summed E-state index contributed by atoms with van der Waals surface area (Å²) in [6, 6.07) is 5.41. The molecule has 1 unspecified atom stereocenters. The molecule has 0 bridgehead atoms. The molecule has 0 aliphatic carbocycles. The number of para-hydroxylation sites is 1. The minimum atomic E-state index is 0.200. The quantitative estimate of drug-likeness (QED) is 0.795. The van der Waals surface area contributed by atoms with E-state index in [-0.39, 0.29) is 11.7 Å². The number of hydrogen-bond acceptors (Lipinski definition) is 1. The summed E-state index contributed by atoms with van der Waals surface area (Å²) in [5.74, 6) is 0.481. The smallest absolute Gasteiger partial charge is 0.137 e. The predicted octanol–water partition coefficient (Wildman–Crippen LogP) is 3.54. The predicted molar refractivity (Wildman–Crippen MR) is 55.3 cm³/mol. The van der Waals surface area contributed by atoms with E-state index in [1.54, 1.807) is 6.07 Å². The molecule has 1 nitrogen and oxygen atoms in total. The molecule has 1 aromatic carbocycles. The monoisotopic (exact) mass is 248 g/mol. The molecule has 1 atom stereocenters. The molecular formula is C9H10BrClO. The van der Waals surface area contributed by atoms with Gasteiger partial charge in [0.05, 0.1) is 5.02 Å². The largest absolute Gasteiger partial charge is 0.506 e. The molecule has 0 aliphatic heterocycles. The van der Waals surface area contributed by atoms with E-state index < -0.39 is 0 Å². The number of alkyl halides is 1. The number of phenolic OH excluding ortho intramolecular Hbond substituents is 1. The Hall–Kier alpha value is -0.210. The van der Waals surface area contributed by atoms with Gasteiger partial charge in [-0.15, -0.1) is 0 Å². The van der Waals surface area contributed by atoms with E-state index in [0.717, 1.165) is 10.9 Å².